The summed E-state index contributed by atoms with van der Waals surface area (Å²) in [6.45, 7) is 2.75. The number of carboxylic acids is 1. The Kier molecular flexibility index (Phi) is 6.93. The minimum atomic E-state index is -0.966. The van der Waals surface area contributed by atoms with Crippen LogP contribution in [0.15, 0.2) is 66.7 Å². The van der Waals surface area contributed by atoms with Gasteiger partial charge in [0.2, 0.25) is 0 Å². The van der Waals surface area contributed by atoms with Crippen molar-refractivity contribution in [1.29, 1.82) is 0 Å². The summed E-state index contributed by atoms with van der Waals surface area (Å²) >= 11 is 5.85. The van der Waals surface area contributed by atoms with Crippen LogP contribution in [-0.2, 0) is 6.54 Å². The van der Waals surface area contributed by atoms with Gasteiger partial charge in [0.15, 0.2) is 11.5 Å². The van der Waals surface area contributed by atoms with Crippen LogP contribution >= 0.6 is 11.6 Å². The van der Waals surface area contributed by atoms with Crippen LogP contribution in [0.3, 0.4) is 0 Å². The lowest BCUT2D eigenvalue weighted by molar-refractivity contribution is 0.0694. The first-order valence-electron chi connectivity index (χ1n) is 9.27. The highest BCUT2D eigenvalue weighted by molar-refractivity contribution is 6.30. The normalized spacial score (nSPS) is 10.3. The van der Waals surface area contributed by atoms with E-state index in [1.165, 1.54) is 12.1 Å². The summed E-state index contributed by atoms with van der Waals surface area (Å²) in [5, 5.41) is 12.7. The fourth-order valence-corrected chi connectivity index (χ4v) is 2.82. The average molecular weight is 426 g/mol. The number of carbonyl (C=O) groups excluding carboxylic acids is 1. The van der Waals surface area contributed by atoms with Gasteiger partial charge in [0.25, 0.3) is 0 Å². The number of esters is 1. The highest BCUT2D eigenvalue weighted by Crippen LogP contribution is 2.30. The summed E-state index contributed by atoms with van der Waals surface area (Å²) < 4.78 is 11.1. The number of aromatic carboxylic acids is 1. The van der Waals surface area contributed by atoms with Crippen LogP contribution in [0.5, 0.6) is 11.5 Å². The summed E-state index contributed by atoms with van der Waals surface area (Å²) in [7, 11) is 0. The maximum Gasteiger partial charge on any atom is 0.343 e. The molecule has 0 bridgehead atoms. The lowest BCUT2D eigenvalue weighted by Gasteiger charge is -2.13. The van der Waals surface area contributed by atoms with E-state index in [2.05, 4.69) is 5.32 Å². The Bertz CT molecular complexity index is 1030. The molecule has 0 saturated carbocycles. The molecule has 0 fully saturated rings. The Morgan fingerprint density at radius 3 is 2.23 bits per heavy atom. The zero-order valence-corrected chi connectivity index (χ0v) is 17.0. The topological polar surface area (TPSA) is 84.9 Å². The summed E-state index contributed by atoms with van der Waals surface area (Å²) in [5.41, 5.74) is 2.31. The van der Waals surface area contributed by atoms with Crippen LogP contribution in [-0.4, -0.2) is 23.7 Å². The number of carboxylic acid groups (broad SMARTS) is 1. The van der Waals surface area contributed by atoms with Crippen molar-refractivity contribution in [3.05, 3.63) is 88.4 Å². The van der Waals surface area contributed by atoms with Crippen molar-refractivity contribution >= 4 is 29.2 Å². The number of nitrogens with one attached hydrogen (secondary N) is 1. The molecular formula is C23H20ClNO5. The molecule has 0 unspecified atom stereocenters. The molecule has 3 aromatic carbocycles. The van der Waals surface area contributed by atoms with Gasteiger partial charge in [-0.15, -0.1) is 0 Å². The molecule has 3 rings (SSSR count). The number of anilines is 1. The lowest BCUT2D eigenvalue weighted by Crippen LogP contribution is -2.10. The molecule has 6 nitrogen and oxygen atoms in total. The molecular weight excluding hydrogens is 406 g/mol. The molecule has 7 heteroatoms. The second-order valence-electron chi connectivity index (χ2n) is 6.35. The van der Waals surface area contributed by atoms with Crippen molar-refractivity contribution in [3.63, 3.8) is 0 Å². The second kappa shape index (κ2) is 9.80. The van der Waals surface area contributed by atoms with Crippen molar-refractivity contribution in [2.75, 3.05) is 11.9 Å². The van der Waals surface area contributed by atoms with Gasteiger partial charge in [0.05, 0.1) is 17.7 Å². The van der Waals surface area contributed by atoms with Gasteiger partial charge in [0, 0.05) is 17.3 Å². The molecule has 0 radical (unpaired) electrons. The maximum absolute atomic E-state index is 12.4. The number of hydrogen-bond acceptors (Lipinski definition) is 5. The smallest absolute Gasteiger partial charge is 0.343 e. The second-order valence-corrected chi connectivity index (χ2v) is 6.78. The Labute approximate surface area is 179 Å². The van der Waals surface area contributed by atoms with E-state index in [9.17, 15) is 9.59 Å². The Balaban J connectivity index is 1.70. The third kappa shape index (κ3) is 5.52. The minimum Gasteiger partial charge on any atom is -0.490 e. The van der Waals surface area contributed by atoms with Crippen LogP contribution in [0.1, 0.15) is 33.2 Å². The molecule has 0 saturated heterocycles. The fourth-order valence-electron chi connectivity index (χ4n) is 2.69. The first-order chi connectivity index (χ1) is 14.5. The summed E-state index contributed by atoms with van der Waals surface area (Å²) in [5.74, 6) is -0.685. The number of halogens is 1. The Hall–Kier alpha value is -3.51. The van der Waals surface area contributed by atoms with E-state index in [4.69, 9.17) is 26.2 Å². The van der Waals surface area contributed by atoms with E-state index < -0.39 is 11.9 Å². The van der Waals surface area contributed by atoms with Crippen LogP contribution in [0, 0.1) is 0 Å². The molecule has 0 amide bonds. The molecule has 0 atom stereocenters. The standard InChI is InChI=1S/C23H20ClNO5/c1-2-29-21-13-15(14-25-19-10-6-16(7-11-19)22(26)27)3-12-20(21)30-23(28)17-4-8-18(24)9-5-17/h3-13,25H,2,14H2,1H3,(H,26,27). The van der Waals surface area contributed by atoms with Gasteiger partial charge in [-0.2, -0.15) is 0 Å². The van der Waals surface area contributed by atoms with Gasteiger partial charge in [-0.05, 0) is 73.2 Å². The van der Waals surface area contributed by atoms with Crippen LogP contribution in [0.25, 0.3) is 0 Å². The number of hydrogen-bond donors (Lipinski definition) is 2. The van der Waals surface area contributed by atoms with E-state index in [1.54, 1.807) is 48.5 Å². The number of carbonyl (C=O) groups is 2. The average Bonchev–Trinajstić information content (AvgIpc) is 2.74. The first-order valence-corrected chi connectivity index (χ1v) is 9.64. The molecule has 0 aliphatic heterocycles. The van der Waals surface area contributed by atoms with E-state index in [1.807, 2.05) is 13.0 Å². The van der Waals surface area contributed by atoms with Gasteiger partial charge in [-0.3, -0.25) is 0 Å². The quantitative estimate of drug-likeness (QED) is 0.378. The van der Waals surface area contributed by atoms with E-state index in [-0.39, 0.29) is 5.56 Å². The molecule has 0 aliphatic carbocycles. The third-order valence-corrected chi connectivity index (χ3v) is 4.47. The molecule has 0 aliphatic rings. The number of ether oxygens (including phenoxy) is 2. The molecule has 0 spiro atoms. The van der Waals surface area contributed by atoms with Crippen molar-refractivity contribution < 1.29 is 24.2 Å². The molecule has 2 N–H and O–H groups in total. The largest absolute Gasteiger partial charge is 0.490 e. The molecule has 3 aromatic rings. The third-order valence-electron chi connectivity index (χ3n) is 4.22. The fraction of sp³-hybridized carbons (Fsp3) is 0.130. The van der Waals surface area contributed by atoms with E-state index in [0.717, 1.165) is 11.3 Å². The van der Waals surface area contributed by atoms with Crippen molar-refractivity contribution in [2.45, 2.75) is 13.5 Å². The van der Waals surface area contributed by atoms with Crippen LogP contribution in [0.2, 0.25) is 5.02 Å². The van der Waals surface area contributed by atoms with Gasteiger partial charge in [-0.25, -0.2) is 9.59 Å². The van der Waals surface area contributed by atoms with Gasteiger partial charge >= 0.3 is 11.9 Å². The summed E-state index contributed by atoms with van der Waals surface area (Å²) in [6.07, 6.45) is 0. The Morgan fingerprint density at radius 1 is 0.933 bits per heavy atom. The predicted octanol–water partition coefficient (Wildman–Crippen LogP) is 5.27. The Morgan fingerprint density at radius 2 is 1.60 bits per heavy atom. The zero-order chi connectivity index (χ0) is 21.5. The monoisotopic (exact) mass is 425 g/mol. The highest BCUT2D eigenvalue weighted by Gasteiger charge is 2.13. The SMILES string of the molecule is CCOc1cc(CNc2ccc(C(=O)O)cc2)ccc1OC(=O)c1ccc(Cl)cc1. The van der Waals surface area contributed by atoms with Crippen LogP contribution < -0.4 is 14.8 Å². The lowest BCUT2D eigenvalue weighted by atomic mass is 10.1. The number of benzene rings is 3. The molecule has 154 valence electrons. The van der Waals surface area contributed by atoms with Gasteiger partial charge < -0.3 is 19.9 Å². The molecule has 30 heavy (non-hydrogen) atoms. The van der Waals surface area contributed by atoms with Crippen molar-refractivity contribution in [1.82, 2.24) is 0 Å². The predicted molar refractivity (Wildman–Crippen MR) is 115 cm³/mol. The minimum absolute atomic E-state index is 0.228. The van der Waals surface area contributed by atoms with E-state index >= 15 is 0 Å². The van der Waals surface area contributed by atoms with Gasteiger partial charge in [-0.1, -0.05) is 17.7 Å². The van der Waals surface area contributed by atoms with E-state index in [0.29, 0.717) is 35.2 Å². The van der Waals surface area contributed by atoms with Gasteiger partial charge in [0.1, 0.15) is 0 Å². The van der Waals surface area contributed by atoms with Crippen molar-refractivity contribution in [3.8, 4) is 11.5 Å². The molecule has 0 heterocycles. The molecule has 0 aromatic heterocycles. The summed E-state index contributed by atoms with van der Waals surface area (Å²) in [6, 6.07) is 18.2. The van der Waals surface area contributed by atoms with Crippen LogP contribution in [0.4, 0.5) is 5.69 Å². The first kappa shape index (κ1) is 21.2. The zero-order valence-electron chi connectivity index (χ0n) is 16.2. The van der Waals surface area contributed by atoms with Crippen molar-refractivity contribution in [2.24, 2.45) is 0 Å². The number of rotatable bonds is 8. The maximum atomic E-state index is 12.4. The highest BCUT2D eigenvalue weighted by atomic mass is 35.5. The summed E-state index contributed by atoms with van der Waals surface area (Å²) in [4.78, 5) is 23.3.